The first kappa shape index (κ1) is 13.0. The van der Waals surface area contributed by atoms with Gasteiger partial charge in [-0.25, -0.2) is 0 Å². The number of methoxy groups -OCH3 is 1. The SMILES string of the molecule is CCC(=O)NCC(=O)Nc1ccccc1OC. The highest BCUT2D eigenvalue weighted by molar-refractivity contribution is 5.95. The molecule has 0 aliphatic rings. The summed E-state index contributed by atoms with van der Waals surface area (Å²) >= 11 is 0. The van der Waals surface area contributed by atoms with Crippen LogP contribution in [0.2, 0.25) is 0 Å². The van der Waals surface area contributed by atoms with E-state index in [1.807, 2.05) is 6.07 Å². The standard InChI is InChI=1S/C12H16N2O3/c1-3-11(15)13-8-12(16)14-9-6-4-5-7-10(9)17-2/h4-7H,3,8H2,1-2H3,(H,13,15)(H,14,16). The molecule has 2 amide bonds. The number of ether oxygens (including phenoxy) is 1. The van der Waals surface area contributed by atoms with Crippen LogP contribution in [0.15, 0.2) is 24.3 Å². The average Bonchev–Trinajstić information content (AvgIpc) is 2.36. The number of benzene rings is 1. The van der Waals surface area contributed by atoms with Crippen LogP contribution in [0.4, 0.5) is 5.69 Å². The van der Waals surface area contributed by atoms with Crippen molar-refractivity contribution in [2.75, 3.05) is 19.0 Å². The van der Waals surface area contributed by atoms with Gasteiger partial charge in [-0.3, -0.25) is 9.59 Å². The highest BCUT2D eigenvalue weighted by Crippen LogP contribution is 2.22. The minimum absolute atomic E-state index is 0.0370. The van der Waals surface area contributed by atoms with E-state index in [0.29, 0.717) is 17.9 Å². The van der Waals surface area contributed by atoms with Crippen molar-refractivity contribution < 1.29 is 14.3 Å². The zero-order valence-corrected chi connectivity index (χ0v) is 9.95. The molecule has 0 aliphatic heterocycles. The molecule has 0 radical (unpaired) electrons. The summed E-state index contributed by atoms with van der Waals surface area (Å²) in [4.78, 5) is 22.5. The van der Waals surface area contributed by atoms with Crippen molar-refractivity contribution in [2.24, 2.45) is 0 Å². The molecule has 92 valence electrons. The van der Waals surface area contributed by atoms with Gasteiger partial charge >= 0.3 is 0 Å². The Morgan fingerprint density at radius 2 is 1.94 bits per heavy atom. The van der Waals surface area contributed by atoms with Crippen molar-refractivity contribution in [2.45, 2.75) is 13.3 Å². The number of amides is 2. The molecule has 5 heteroatoms. The maximum absolute atomic E-state index is 11.5. The van der Waals surface area contributed by atoms with Crippen molar-refractivity contribution in [3.8, 4) is 5.75 Å². The van der Waals surface area contributed by atoms with Crippen molar-refractivity contribution in [1.82, 2.24) is 5.32 Å². The lowest BCUT2D eigenvalue weighted by atomic mass is 10.3. The predicted octanol–water partition coefficient (Wildman–Crippen LogP) is 1.16. The summed E-state index contributed by atoms with van der Waals surface area (Å²) in [5.74, 6) is 0.152. The molecule has 1 rings (SSSR count). The summed E-state index contributed by atoms with van der Waals surface area (Å²) in [5, 5.41) is 5.16. The fourth-order valence-electron chi connectivity index (χ4n) is 1.25. The lowest BCUT2D eigenvalue weighted by molar-refractivity contribution is -0.123. The van der Waals surface area contributed by atoms with E-state index < -0.39 is 0 Å². The lowest BCUT2D eigenvalue weighted by Crippen LogP contribution is -2.32. The molecule has 0 spiro atoms. The highest BCUT2D eigenvalue weighted by atomic mass is 16.5. The van der Waals surface area contributed by atoms with Gasteiger partial charge < -0.3 is 15.4 Å². The second-order valence-electron chi connectivity index (χ2n) is 3.38. The first-order chi connectivity index (χ1) is 8.17. The van der Waals surface area contributed by atoms with Crippen LogP contribution >= 0.6 is 0 Å². The smallest absolute Gasteiger partial charge is 0.243 e. The fraction of sp³-hybridized carbons (Fsp3) is 0.333. The minimum atomic E-state index is -0.281. The number of hydrogen-bond donors (Lipinski definition) is 2. The van der Waals surface area contributed by atoms with Gasteiger partial charge in [-0.05, 0) is 12.1 Å². The van der Waals surface area contributed by atoms with E-state index in [0.717, 1.165) is 0 Å². The van der Waals surface area contributed by atoms with Gasteiger partial charge in [0.2, 0.25) is 11.8 Å². The van der Waals surface area contributed by atoms with E-state index in [2.05, 4.69) is 10.6 Å². The van der Waals surface area contributed by atoms with Gasteiger partial charge in [0.1, 0.15) is 5.75 Å². The zero-order chi connectivity index (χ0) is 12.7. The van der Waals surface area contributed by atoms with Crippen LogP contribution in [0.5, 0.6) is 5.75 Å². The third-order valence-corrected chi connectivity index (χ3v) is 2.15. The number of anilines is 1. The second kappa shape index (κ2) is 6.52. The van der Waals surface area contributed by atoms with E-state index in [9.17, 15) is 9.59 Å². The molecule has 0 saturated carbocycles. The average molecular weight is 236 g/mol. The number of carbonyl (C=O) groups excluding carboxylic acids is 2. The lowest BCUT2D eigenvalue weighted by Gasteiger charge is -2.09. The highest BCUT2D eigenvalue weighted by Gasteiger charge is 2.07. The predicted molar refractivity (Wildman–Crippen MR) is 64.9 cm³/mol. The molecule has 0 fully saturated rings. The van der Waals surface area contributed by atoms with Crippen LogP contribution < -0.4 is 15.4 Å². The normalized spacial score (nSPS) is 9.53. The van der Waals surface area contributed by atoms with Crippen LogP contribution in [0, 0.1) is 0 Å². The van der Waals surface area contributed by atoms with Crippen LogP contribution in [0.25, 0.3) is 0 Å². The molecule has 0 saturated heterocycles. The van der Waals surface area contributed by atoms with Crippen LogP contribution in [-0.2, 0) is 9.59 Å². The van der Waals surface area contributed by atoms with E-state index in [1.165, 1.54) is 7.11 Å². The molecule has 1 aromatic rings. The van der Waals surface area contributed by atoms with E-state index >= 15 is 0 Å². The van der Waals surface area contributed by atoms with E-state index in [-0.39, 0.29) is 18.4 Å². The molecule has 0 bridgehead atoms. The molecule has 1 aromatic carbocycles. The summed E-state index contributed by atoms with van der Waals surface area (Å²) in [6.45, 7) is 1.69. The molecule has 2 N–H and O–H groups in total. The zero-order valence-electron chi connectivity index (χ0n) is 9.95. The third-order valence-electron chi connectivity index (χ3n) is 2.15. The minimum Gasteiger partial charge on any atom is -0.495 e. The summed E-state index contributed by atoms with van der Waals surface area (Å²) in [6, 6.07) is 7.09. The Morgan fingerprint density at radius 1 is 1.24 bits per heavy atom. The van der Waals surface area contributed by atoms with Crippen molar-refractivity contribution >= 4 is 17.5 Å². The summed E-state index contributed by atoms with van der Waals surface area (Å²) < 4.78 is 5.09. The molecule has 0 atom stereocenters. The number of nitrogens with one attached hydrogen (secondary N) is 2. The maximum Gasteiger partial charge on any atom is 0.243 e. The summed E-state index contributed by atoms with van der Waals surface area (Å²) in [6.07, 6.45) is 0.363. The summed E-state index contributed by atoms with van der Waals surface area (Å²) in [5.41, 5.74) is 0.589. The topological polar surface area (TPSA) is 67.4 Å². The van der Waals surface area contributed by atoms with Crippen LogP contribution in [-0.4, -0.2) is 25.5 Å². The first-order valence-corrected chi connectivity index (χ1v) is 5.37. The number of hydrogen-bond acceptors (Lipinski definition) is 3. The molecular formula is C12H16N2O3. The molecule has 0 aliphatic carbocycles. The van der Waals surface area contributed by atoms with Gasteiger partial charge in [0.25, 0.3) is 0 Å². The number of carbonyl (C=O) groups is 2. The second-order valence-corrected chi connectivity index (χ2v) is 3.38. The largest absolute Gasteiger partial charge is 0.495 e. The van der Waals surface area contributed by atoms with Gasteiger partial charge in [-0.15, -0.1) is 0 Å². The van der Waals surface area contributed by atoms with Gasteiger partial charge in [0.05, 0.1) is 19.3 Å². The van der Waals surface area contributed by atoms with Crippen LogP contribution in [0.1, 0.15) is 13.3 Å². The molecule has 0 heterocycles. The summed E-state index contributed by atoms with van der Waals surface area (Å²) in [7, 11) is 1.53. The van der Waals surface area contributed by atoms with Gasteiger partial charge in [0, 0.05) is 6.42 Å². The van der Waals surface area contributed by atoms with Crippen LogP contribution in [0.3, 0.4) is 0 Å². The van der Waals surface area contributed by atoms with E-state index in [1.54, 1.807) is 25.1 Å². The Labute approximate surface area is 100 Å². The molecule has 17 heavy (non-hydrogen) atoms. The van der Waals surface area contributed by atoms with Gasteiger partial charge in [-0.1, -0.05) is 19.1 Å². The van der Waals surface area contributed by atoms with Gasteiger partial charge in [0.15, 0.2) is 0 Å². The Bertz CT molecular complexity index is 404. The third kappa shape index (κ3) is 4.14. The van der Waals surface area contributed by atoms with Crippen molar-refractivity contribution in [3.05, 3.63) is 24.3 Å². The van der Waals surface area contributed by atoms with Gasteiger partial charge in [-0.2, -0.15) is 0 Å². The maximum atomic E-state index is 11.5. The van der Waals surface area contributed by atoms with Crippen molar-refractivity contribution in [3.63, 3.8) is 0 Å². The number of rotatable bonds is 5. The molecule has 0 unspecified atom stereocenters. The Balaban J connectivity index is 2.53. The number of para-hydroxylation sites is 2. The Kier molecular flexibility index (Phi) is 5.00. The van der Waals surface area contributed by atoms with Crippen molar-refractivity contribution in [1.29, 1.82) is 0 Å². The first-order valence-electron chi connectivity index (χ1n) is 5.37. The fourth-order valence-corrected chi connectivity index (χ4v) is 1.25. The molecular weight excluding hydrogens is 220 g/mol. The molecule has 5 nitrogen and oxygen atoms in total. The Morgan fingerprint density at radius 3 is 2.59 bits per heavy atom. The Hall–Kier alpha value is -2.04. The quantitative estimate of drug-likeness (QED) is 0.806. The monoisotopic (exact) mass is 236 g/mol. The molecule has 0 aromatic heterocycles. The van der Waals surface area contributed by atoms with E-state index in [4.69, 9.17) is 4.74 Å².